The third-order valence-electron chi connectivity index (χ3n) is 3.80. The maximum absolute atomic E-state index is 12.6. The van der Waals surface area contributed by atoms with Gasteiger partial charge in [0.2, 0.25) is 4.96 Å². The SMILES string of the molecule is Cc1cccc(/C=c2\sc3nc(-c4cccc(C)c4)nn3c2=O)c1. The molecule has 118 valence electrons. The maximum atomic E-state index is 12.6. The molecule has 0 amide bonds. The van der Waals surface area contributed by atoms with E-state index in [-0.39, 0.29) is 5.56 Å². The van der Waals surface area contributed by atoms with Gasteiger partial charge in [-0.1, -0.05) is 64.9 Å². The molecule has 0 aliphatic heterocycles. The third-order valence-corrected chi connectivity index (χ3v) is 4.76. The number of hydrogen-bond acceptors (Lipinski definition) is 4. The first-order valence-corrected chi connectivity index (χ1v) is 8.47. The number of aryl methyl sites for hydroxylation is 2. The molecule has 0 spiro atoms. The quantitative estimate of drug-likeness (QED) is 0.566. The lowest BCUT2D eigenvalue weighted by atomic mass is 10.1. The lowest BCUT2D eigenvalue weighted by Gasteiger charge is -1.95. The standard InChI is InChI=1S/C19H15N3OS/c1-12-5-3-7-14(9-12)11-16-18(23)22-19(24-16)20-17(21-22)15-8-4-6-13(2)10-15/h3-11H,1-2H3/b16-11-. The van der Waals surface area contributed by atoms with E-state index in [0.29, 0.717) is 15.3 Å². The first kappa shape index (κ1) is 14.8. The molecule has 0 unspecified atom stereocenters. The van der Waals surface area contributed by atoms with Crippen LogP contribution in [0.1, 0.15) is 16.7 Å². The monoisotopic (exact) mass is 333 g/mol. The topological polar surface area (TPSA) is 47.3 Å². The van der Waals surface area contributed by atoms with Gasteiger partial charge in [0.15, 0.2) is 5.82 Å². The van der Waals surface area contributed by atoms with Crippen LogP contribution in [0.2, 0.25) is 0 Å². The van der Waals surface area contributed by atoms with E-state index in [2.05, 4.69) is 10.1 Å². The van der Waals surface area contributed by atoms with E-state index in [1.807, 2.05) is 68.5 Å². The molecule has 0 saturated heterocycles. The molecule has 4 aromatic rings. The summed E-state index contributed by atoms with van der Waals surface area (Å²) in [5, 5.41) is 4.39. The van der Waals surface area contributed by atoms with Crippen LogP contribution in [-0.2, 0) is 0 Å². The molecule has 2 heterocycles. The molecule has 24 heavy (non-hydrogen) atoms. The van der Waals surface area contributed by atoms with E-state index in [1.54, 1.807) is 0 Å². The van der Waals surface area contributed by atoms with Crippen LogP contribution < -0.4 is 10.1 Å². The van der Waals surface area contributed by atoms with Gasteiger partial charge in [0.1, 0.15) is 0 Å². The summed E-state index contributed by atoms with van der Waals surface area (Å²) in [5.41, 5.74) is 4.12. The molecule has 0 fully saturated rings. The van der Waals surface area contributed by atoms with E-state index in [9.17, 15) is 4.79 Å². The van der Waals surface area contributed by atoms with Gasteiger partial charge >= 0.3 is 0 Å². The summed E-state index contributed by atoms with van der Waals surface area (Å²) in [7, 11) is 0. The van der Waals surface area contributed by atoms with Crippen molar-refractivity contribution in [1.82, 2.24) is 14.6 Å². The van der Waals surface area contributed by atoms with Crippen LogP contribution in [0.5, 0.6) is 0 Å². The van der Waals surface area contributed by atoms with E-state index in [4.69, 9.17) is 0 Å². The molecule has 0 atom stereocenters. The highest BCUT2D eigenvalue weighted by Gasteiger charge is 2.11. The maximum Gasteiger partial charge on any atom is 0.291 e. The van der Waals surface area contributed by atoms with Crippen LogP contribution in [0.3, 0.4) is 0 Å². The number of benzene rings is 2. The predicted molar refractivity (Wildman–Crippen MR) is 97.3 cm³/mol. The Labute approximate surface area is 142 Å². The summed E-state index contributed by atoms with van der Waals surface area (Å²) in [5.74, 6) is 0.587. The smallest absolute Gasteiger partial charge is 0.266 e. The Morgan fingerprint density at radius 2 is 1.79 bits per heavy atom. The number of aromatic nitrogens is 3. The zero-order chi connectivity index (χ0) is 16.7. The average molecular weight is 333 g/mol. The highest BCUT2D eigenvalue weighted by molar-refractivity contribution is 7.15. The first-order valence-electron chi connectivity index (χ1n) is 7.65. The minimum atomic E-state index is -0.122. The lowest BCUT2D eigenvalue weighted by Crippen LogP contribution is -2.23. The highest BCUT2D eigenvalue weighted by Crippen LogP contribution is 2.17. The van der Waals surface area contributed by atoms with E-state index < -0.39 is 0 Å². The van der Waals surface area contributed by atoms with Crippen molar-refractivity contribution >= 4 is 22.4 Å². The second-order valence-electron chi connectivity index (χ2n) is 5.83. The molecule has 2 aromatic carbocycles. The summed E-state index contributed by atoms with van der Waals surface area (Å²) in [6.07, 6.45) is 1.89. The minimum absolute atomic E-state index is 0.122. The number of nitrogens with zero attached hydrogens (tertiary/aromatic N) is 3. The molecule has 4 nitrogen and oxygen atoms in total. The van der Waals surface area contributed by atoms with Gasteiger partial charge in [-0.3, -0.25) is 4.79 Å². The molecule has 4 rings (SSSR count). The second-order valence-corrected chi connectivity index (χ2v) is 6.84. The Bertz CT molecular complexity index is 1160. The van der Waals surface area contributed by atoms with Crippen molar-refractivity contribution < 1.29 is 0 Å². The predicted octanol–water partition coefficient (Wildman–Crippen LogP) is 2.98. The van der Waals surface area contributed by atoms with Gasteiger partial charge in [-0.15, -0.1) is 5.10 Å². The fourth-order valence-corrected chi connectivity index (χ4v) is 3.56. The number of thiazole rings is 1. The average Bonchev–Trinajstić information content (AvgIpc) is 3.08. The largest absolute Gasteiger partial charge is 0.291 e. The molecule has 0 N–H and O–H groups in total. The van der Waals surface area contributed by atoms with Crippen LogP contribution in [0.25, 0.3) is 22.4 Å². The van der Waals surface area contributed by atoms with Gasteiger partial charge in [0.25, 0.3) is 5.56 Å². The highest BCUT2D eigenvalue weighted by atomic mass is 32.1. The van der Waals surface area contributed by atoms with Crippen LogP contribution in [0, 0.1) is 13.8 Å². The van der Waals surface area contributed by atoms with Crippen molar-refractivity contribution in [2.75, 3.05) is 0 Å². The molecule has 0 saturated carbocycles. The van der Waals surface area contributed by atoms with Gasteiger partial charge in [-0.2, -0.15) is 9.50 Å². The van der Waals surface area contributed by atoms with Crippen molar-refractivity contribution in [3.05, 3.63) is 80.1 Å². The zero-order valence-corrected chi connectivity index (χ0v) is 14.2. The summed E-state index contributed by atoms with van der Waals surface area (Å²) < 4.78 is 2.04. The molecule has 2 aromatic heterocycles. The molecule has 0 bridgehead atoms. The number of rotatable bonds is 2. The van der Waals surface area contributed by atoms with Crippen molar-refractivity contribution in [3.63, 3.8) is 0 Å². The fraction of sp³-hybridized carbons (Fsp3) is 0.105. The molecule has 0 radical (unpaired) electrons. The zero-order valence-electron chi connectivity index (χ0n) is 13.4. The van der Waals surface area contributed by atoms with Gasteiger partial charge in [-0.05, 0) is 31.6 Å². The Kier molecular flexibility index (Phi) is 3.50. The lowest BCUT2D eigenvalue weighted by molar-refractivity contribution is 0.936. The van der Waals surface area contributed by atoms with Crippen molar-refractivity contribution in [1.29, 1.82) is 0 Å². The summed E-state index contributed by atoms with van der Waals surface area (Å²) in [4.78, 5) is 17.7. The molecule has 0 aliphatic carbocycles. The van der Waals surface area contributed by atoms with E-state index >= 15 is 0 Å². The van der Waals surface area contributed by atoms with Gasteiger partial charge in [0.05, 0.1) is 4.53 Å². The van der Waals surface area contributed by atoms with Crippen LogP contribution in [-0.4, -0.2) is 14.6 Å². The molecule has 5 heteroatoms. The van der Waals surface area contributed by atoms with Gasteiger partial charge in [-0.25, -0.2) is 0 Å². The normalized spacial score (nSPS) is 12.2. The Morgan fingerprint density at radius 1 is 1.04 bits per heavy atom. The third kappa shape index (κ3) is 2.63. The first-order chi connectivity index (χ1) is 11.6. The van der Waals surface area contributed by atoms with Crippen LogP contribution in [0.4, 0.5) is 0 Å². The Hall–Kier alpha value is -2.79. The summed E-state index contributed by atoms with van der Waals surface area (Å²) >= 11 is 1.37. The Morgan fingerprint density at radius 3 is 2.50 bits per heavy atom. The fourth-order valence-electron chi connectivity index (χ4n) is 2.65. The molecular weight excluding hydrogens is 318 g/mol. The summed E-state index contributed by atoms with van der Waals surface area (Å²) in [6.45, 7) is 4.06. The van der Waals surface area contributed by atoms with Crippen molar-refractivity contribution in [2.24, 2.45) is 0 Å². The second kappa shape index (κ2) is 5.69. The molecule has 0 aliphatic rings. The van der Waals surface area contributed by atoms with E-state index in [1.165, 1.54) is 15.9 Å². The van der Waals surface area contributed by atoms with Gasteiger partial charge in [0, 0.05) is 5.56 Å². The van der Waals surface area contributed by atoms with Gasteiger partial charge < -0.3 is 0 Å². The van der Waals surface area contributed by atoms with Crippen LogP contribution in [0.15, 0.2) is 53.3 Å². The Balaban J connectivity index is 1.83. The van der Waals surface area contributed by atoms with Crippen molar-refractivity contribution in [2.45, 2.75) is 13.8 Å². The molecular formula is C19H15N3OS. The minimum Gasteiger partial charge on any atom is -0.266 e. The number of fused-ring (bicyclic) bond motifs is 1. The van der Waals surface area contributed by atoms with Crippen LogP contribution >= 0.6 is 11.3 Å². The summed E-state index contributed by atoms with van der Waals surface area (Å²) in [6, 6.07) is 16.0. The number of hydrogen-bond donors (Lipinski definition) is 0. The van der Waals surface area contributed by atoms with Crippen molar-refractivity contribution in [3.8, 4) is 11.4 Å². The van der Waals surface area contributed by atoms with E-state index in [0.717, 1.165) is 22.3 Å².